The van der Waals surface area contributed by atoms with E-state index in [9.17, 15) is 39.6 Å². The van der Waals surface area contributed by atoms with E-state index in [1.807, 2.05) is 20.8 Å². The fourth-order valence-corrected chi connectivity index (χ4v) is 6.91. The van der Waals surface area contributed by atoms with Gasteiger partial charge in [-0.1, -0.05) is 50.5 Å². The quantitative estimate of drug-likeness (QED) is 0.115. The lowest BCUT2D eigenvalue weighted by Gasteiger charge is -2.31. The van der Waals surface area contributed by atoms with Crippen molar-refractivity contribution in [2.75, 3.05) is 0 Å². The SMILES string of the molecule is CCC[C@H](C/C(C)=C/[C@@H](O)[C@@H](C)C1C[C@H](O)CCC/C=C(\C)CC[C@H](O)C[C@H](OC(C)=O)C[C@@H](OC(C)=O)CC[C@@H](C)[C@H](O)[C@H](C)C(=O)O1)OC(C)=O. The van der Waals surface area contributed by atoms with Crippen LogP contribution in [0, 0.1) is 17.8 Å². The van der Waals surface area contributed by atoms with Crippen molar-refractivity contribution in [3.63, 3.8) is 0 Å². The lowest BCUT2D eigenvalue weighted by atomic mass is 9.87. The summed E-state index contributed by atoms with van der Waals surface area (Å²) in [6.07, 6.45) is 3.38. The minimum atomic E-state index is -1.12. The Bertz CT molecular complexity index is 1180. The summed E-state index contributed by atoms with van der Waals surface area (Å²) in [5.41, 5.74) is 1.89. The predicted molar refractivity (Wildman–Crippen MR) is 201 cm³/mol. The molecule has 12 heteroatoms. The van der Waals surface area contributed by atoms with Crippen LogP contribution in [0.1, 0.15) is 146 Å². The Morgan fingerprint density at radius 1 is 0.906 bits per heavy atom. The Labute approximate surface area is 317 Å². The summed E-state index contributed by atoms with van der Waals surface area (Å²) in [4.78, 5) is 49.1. The van der Waals surface area contributed by atoms with E-state index >= 15 is 0 Å². The molecule has 0 fully saturated rings. The van der Waals surface area contributed by atoms with Crippen molar-refractivity contribution in [1.29, 1.82) is 0 Å². The van der Waals surface area contributed by atoms with Crippen LogP contribution in [-0.4, -0.2) is 93.1 Å². The van der Waals surface area contributed by atoms with E-state index in [-0.39, 0.29) is 31.3 Å². The van der Waals surface area contributed by atoms with Gasteiger partial charge in [0.25, 0.3) is 0 Å². The molecule has 1 rings (SSSR count). The van der Waals surface area contributed by atoms with Gasteiger partial charge < -0.3 is 39.4 Å². The summed E-state index contributed by atoms with van der Waals surface area (Å²) in [6.45, 7) is 14.9. The monoisotopic (exact) mass is 754 g/mol. The molecule has 12 nitrogen and oxygen atoms in total. The first kappa shape index (κ1) is 48.2. The highest BCUT2D eigenvalue weighted by atomic mass is 16.6. The molecule has 0 radical (unpaired) electrons. The number of cyclic esters (lactones) is 1. The fourth-order valence-electron chi connectivity index (χ4n) is 6.91. The minimum Gasteiger partial charge on any atom is -0.462 e. The van der Waals surface area contributed by atoms with Gasteiger partial charge in [0.1, 0.15) is 24.4 Å². The van der Waals surface area contributed by atoms with Crippen LogP contribution in [0.15, 0.2) is 23.3 Å². The molecule has 0 bridgehead atoms. The Hall–Kier alpha value is -2.80. The van der Waals surface area contributed by atoms with E-state index in [2.05, 4.69) is 6.08 Å². The Balaban J connectivity index is 3.33. The molecule has 0 spiro atoms. The van der Waals surface area contributed by atoms with Crippen molar-refractivity contribution in [2.45, 2.75) is 195 Å². The van der Waals surface area contributed by atoms with Crippen molar-refractivity contribution in [2.24, 2.45) is 17.8 Å². The highest BCUT2D eigenvalue weighted by Crippen LogP contribution is 2.28. The van der Waals surface area contributed by atoms with Crippen LogP contribution >= 0.6 is 0 Å². The van der Waals surface area contributed by atoms with Gasteiger partial charge in [-0.05, 0) is 78.1 Å². The standard InChI is InChI=1S/C41H70O12/c1-10-13-35(50-30(7)42)20-26(3)21-38(47)28(5)39-23-33(45)15-12-11-14-25(2)16-18-34(46)22-37(52-32(9)44)24-36(51-31(8)43)19-17-27(4)40(48)29(6)41(49)53-39/h14,21,27-29,33-40,45-48H,10-13,15-20,22-24H2,1-9H3/b25-14+,26-21+/t27-,28-,29+,33-,34+,35-,36+,37+,38-,39?,40+/m1/s1. The number of allylic oxidation sites excluding steroid dienone is 2. The van der Waals surface area contributed by atoms with Crippen molar-refractivity contribution < 1.29 is 58.6 Å². The molecule has 1 heterocycles. The number of hydrogen-bond acceptors (Lipinski definition) is 12. The second kappa shape index (κ2) is 25.3. The summed E-state index contributed by atoms with van der Waals surface area (Å²) in [7, 11) is 0. The van der Waals surface area contributed by atoms with Gasteiger partial charge in [0.15, 0.2) is 0 Å². The fraction of sp³-hybridized carbons (Fsp3) is 0.805. The van der Waals surface area contributed by atoms with Gasteiger partial charge in [-0.3, -0.25) is 19.2 Å². The van der Waals surface area contributed by atoms with Gasteiger partial charge in [0, 0.05) is 52.4 Å². The Kier molecular flexibility index (Phi) is 23.0. The summed E-state index contributed by atoms with van der Waals surface area (Å²) in [5, 5.41) is 44.5. The highest BCUT2D eigenvalue weighted by Gasteiger charge is 2.35. The van der Waals surface area contributed by atoms with Crippen LogP contribution in [0.25, 0.3) is 0 Å². The average Bonchev–Trinajstić information content (AvgIpc) is 3.05. The first-order valence-corrected chi connectivity index (χ1v) is 19.6. The summed E-state index contributed by atoms with van der Waals surface area (Å²) in [5.74, 6) is -4.04. The number of esters is 4. The second-order valence-electron chi connectivity index (χ2n) is 15.4. The largest absolute Gasteiger partial charge is 0.462 e. The smallest absolute Gasteiger partial charge is 0.311 e. The predicted octanol–water partition coefficient (Wildman–Crippen LogP) is 6.04. The second-order valence-corrected chi connectivity index (χ2v) is 15.4. The highest BCUT2D eigenvalue weighted by molar-refractivity contribution is 5.73. The molecule has 0 amide bonds. The van der Waals surface area contributed by atoms with Crippen LogP contribution in [0.3, 0.4) is 0 Å². The molecule has 0 saturated heterocycles. The number of carbonyl (C=O) groups excluding carboxylic acids is 4. The molecule has 53 heavy (non-hydrogen) atoms. The number of ether oxygens (including phenoxy) is 4. The maximum atomic E-state index is 13.6. The third-order valence-electron chi connectivity index (χ3n) is 10.1. The van der Waals surface area contributed by atoms with E-state index in [4.69, 9.17) is 18.9 Å². The molecule has 1 aliphatic heterocycles. The average molecular weight is 755 g/mol. The van der Waals surface area contributed by atoms with E-state index in [0.29, 0.717) is 57.8 Å². The van der Waals surface area contributed by atoms with Crippen LogP contribution in [-0.2, 0) is 38.1 Å². The van der Waals surface area contributed by atoms with Gasteiger partial charge in [0.2, 0.25) is 0 Å². The Morgan fingerprint density at radius 3 is 2.13 bits per heavy atom. The molecule has 0 aromatic heterocycles. The van der Waals surface area contributed by atoms with Crippen LogP contribution in [0.5, 0.6) is 0 Å². The van der Waals surface area contributed by atoms with Crippen LogP contribution in [0.2, 0.25) is 0 Å². The number of aliphatic hydroxyl groups excluding tert-OH is 4. The van der Waals surface area contributed by atoms with Gasteiger partial charge in [-0.25, -0.2) is 0 Å². The molecule has 1 unspecified atom stereocenters. The number of rotatable bonds is 10. The molecular weight excluding hydrogens is 684 g/mol. The summed E-state index contributed by atoms with van der Waals surface area (Å²) in [6, 6.07) is 0. The van der Waals surface area contributed by atoms with Crippen molar-refractivity contribution in [3.8, 4) is 0 Å². The van der Waals surface area contributed by atoms with Crippen molar-refractivity contribution in [1.82, 2.24) is 0 Å². The molecule has 0 aromatic carbocycles. The number of hydrogen-bond donors (Lipinski definition) is 4. The molecule has 0 saturated carbocycles. The number of aliphatic hydroxyl groups is 4. The third-order valence-corrected chi connectivity index (χ3v) is 10.1. The first-order chi connectivity index (χ1) is 24.8. The summed E-state index contributed by atoms with van der Waals surface area (Å²) >= 11 is 0. The maximum Gasteiger partial charge on any atom is 0.311 e. The molecule has 0 aromatic rings. The van der Waals surface area contributed by atoms with Gasteiger partial charge in [0.05, 0.1) is 30.3 Å². The maximum absolute atomic E-state index is 13.6. The van der Waals surface area contributed by atoms with E-state index < -0.39 is 78.4 Å². The third kappa shape index (κ3) is 20.5. The zero-order valence-corrected chi connectivity index (χ0v) is 33.8. The van der Waals surface area contributed by atoms with Crippen molar-refractivity contribution >= 4 is 23.9 Å². The lowest BCUT2D eigenvalue weighted by Crippen LogP contribution is -2.40. The topological polar surface area (TPSA) is 186 Å². The van der Waals surface area contributed by atoms with Gasteiger partial charge in [-0.15, -0.1) is 0 Å². The number of carbonyl (C=O) groups is 4. The van der Waals surface area contributed by atoms with Gasteiger partial charge in [-0.2, -0.15) is 0 Å². The molecular formula is C41H70O12. The lowest BCUT2D eigenvalue weighted by molar-refractivity contribution is -0.164. The summed E-state index contributed by atoms with van der Waals surface area (Å²) < 4.78 is 22.5. The minimum absolute atomic E-state index is 0.0869. The van der Waals surface area contributed by atoms with E-state index in [1.54, 1.807) is 26.8 Å². The molecule has 306 valence electrons. The first-order valence-electron chi connectivity index (χ1n) is 19.6. The molecule has 0 aliphatic carbocycles. The van der Waals surface area contributed by atoms with Crippen molar-refractivity contribution in [3.05, 3.63) is 23.3 Å². The van der Waals surface area contributed by atoms with E-state index in [0.717, 1.165) is 17.6 Å². The van der Waals surface area contributed by atoms with E-state index in [1.165, 1.54) is 20.8 Å². The molecule has 4 N–H and O–H groups in total. The zero-order chi connectivity index (χ0) is 40.2. The van der Waals surface area contributed by atoms with Gasteiger partial charge >= 0.3 is 23.9 Å². The zero-order valence-electron chi connectivity index (χ0n) is 33.8. The van der Waals surface area contributed by atoms with Crippen LogP contribution < -0.4 is 0 Å². The molecule has 11 atom stereocenters. The van der Waals surface area contributed by atoms with Crippen LogP contribution in [0.4, 0.5) is 0 Å². The molecule has 1 aliphatic rings. The normalized spacial score (nSPS) is 30.8. The Morgan fingerprint density at radius 2 is 1.53 bits per heavy atom.